The van der Waals surface area contributed by atoms with Crippen molar-refractivity contribution in [2.24, 2.45) is 0 Å². The number of hydrogen-bond donors (Lipinski definition) is 3. The van der Waals surface area contributed by atoms with Crippen LogP contribution in [0.15, 0.2) is 12.2 Å². The van der Waals surface area contributed by atoms with Crippen LogP contribution in [0.1, 0.15) is 277 Å². The minimum Gasteiger partial charge on any atom is -0.466 e. The first-order chi connectivity index (χ1) is 28.0. The summed E-state index contributed by atoms with van der Waals surface area (Å²) in [5, 5.41) is 23.0. The van der Waals surface area contributed by atoms with Crippen molar-refractivity contribution in [1.82, 2.24) is 5.32 Å². The summed E-state index contributed by atoms with van der Waals surface area (Å²) in [6.07, 6.45) is 53.5. The number of rotatable bonds is 47. The Morgan fingerprint density at radius 1 is 0.474 bits per heavy atom. The second-order valence-electron chi connectivity index (χ2n) is 17.5. The van der Waals surface area contributed by atoms with Gasteiger partial charge in [-0.15, -0.1) is 0 Å². The normalized spacial score (nSPS) is 12.7. The molecule has 0 aromatic heterocycles. The second kappa shape index (κ2) is 47.3. The van der Waals surface area contributed by atoms with E-state index in [0.717, 1.165) is 44.9 Å². The maximum atomic E-state index is 12.4. The molecule has 0 fully saturated rings. The van der Waals surface area contributed by atoms with Crippen LogP contribution in [0.25, 0.3) is 0 Å². The SMILES string of the molecule is CCCCCCCCCCC/C=C/C(O)C(CO)NC(=O)CCCCCCCCCCCCCCCCCCCOC(=O)CCCCCCCCCCCCCC. The van der Waals surface area contributed by atoms with Crippen LogP contribution in [0.2, 0.25) is 0 Å². The summed E-state index contributed by atoms with van der Waals surface area (Å²) in [7, 11) is 0. The molecule has 0 spiro atoms. The molecule has 0 aliphatic carbocycles. The largest absolute Gasteiger partial charge is 0.466 e. The van der Waals surface area contributed by atoms with Crippen molar-refractivity contribution in [1.29, 1.82) is 0 Å². The number of nitrogens with one attached hydrogen (secondary N) is 1. The van der Waals surface area contributed by atoms with Crippen LogP contribution in [0.5, 0.6) is 0 Å². The molecule has 57 heavy (non-hydrogen) atoms. The third-order valence-corrected chi connectivity index (χ3v) is 11.8. The molecule has 2 unspecified atom stereocenters. The fourth-order valence-corrected chi connectivity index (χ4v) is 7.87. The van der Waals surface area contributed by atoms with Gasteiger partial charge in [0, 0.05) is 12.8 Å². The van der Waals surface area contributed by atoms with Gasteiger partial charge in [0.25, 0.3) is 0 Å². The van der Waals surface area contributed by atoms with Gasteiger partial charge in [-0.3, -0.25) is 9.59 Å². The van der Waals surface area contributed by atoms with Crippen molar-refractivity contribution in [2.45, 2.75) is 289 Å². The van der Waals surface area contributed by atoms with Gasteiger partial charge in [0.2, 0.25) is 5.91 Å². The highest BCUT2D eigenvalue weighted by atomic mass is 16.5. The Kier molecular flexibility index (Phi) is 46.1. The molecule has 0 aliphatic rings. The number of aliphatic hydroxyl groups excluding tert-OH is 2. The van der Waals surface area contributed by atoms with Crippen LogP contribution in [0, 0.1) is 0 Å². The van der Waals surface area contributed by atoms with E-state index in [4.69, 9.17) is 4.74 Å². The third-order valence-electron chi connectivity index (χ3n) is 11.8. The lowest BCUT2D eigenvalue weighted by Crippen LogP contribution is -2.45. The average molecular weight is 806 g/mol. The summed E-state index contributed by atoms with van der Waals surface area (Å²) in [6.45, 7) is 4.88. The first-order valence-electron chi connectivity index (χ1n) is 25.5. The summed E-state index contributed by atoms with van der Waals surface area (Å²) in [5.74, 6) is -0.0691. The van der Waals surface area contributed by atoms with Gasteiger partial charge >= 0.3 is 5.97 Å². The van der Waals surface area contributed by atoms with Gasteiger partial charge in [-0.25, -0.2) is 0 Å². The molecule has 0 aliphatic heterocycles. The summed E-state index contributed by atoms with van der Waals surface area (Å²) < 4.78 is 5.46. The van der Waals surface area contributed by atoms with Gasteiger partial charge in [-0.05, 0) is 32.1 Å². The lowest BCUT2D eigenvalue weighted by molar-refractivity contribution is -0.143. The predicted molar refractivity (Wildman–Crippen MR) is 246 cm³/mol. The number of ether oxygens (including phenoxy) is 1. The number of hydrogen-bond acceptors (Lipinski definition) is 5. The number of carbonyl (C=O) groups is 2. The molecule has 0 aromatic carbocycles. The Morgan fingerprint density at radius 2 is 0.807 bits per heavy atom. The molecule has 6 heteroatoms. The van der Waals surface area contributed by atoms with Gasteiger partial charge in [-0.1, -0.05) is 244 Å². The van der Waals surface area contributed by atoms with Crippen LogP contribution in [-0.4, -0.2) is 47.4 Å². The second-order valence-corrected chi connectivity index (χ2v) is 17.5. The van der Waals surface area contributed by atoms with Crippen LogP contribution >= 0.6 is 0 Å². The Bertz CT molecular complexity index is 847. The van der Waals surface area contributed by atoms with E-state index in [1.165, 1.54) is 205 Å². The number of aliphatic hydroxyl groups is 2. The van der Waals surface area contributed by atoms with Gasteiger partial charge in [0.1, 0.15) is 0 Å². The topological polar surface area (TPSA) is 95.9 Å². The van der Waals surface area contributed by atoms with E-state index >= 15 is 0 Å². The molecule has 0 saturated heterocycles. The van der Waals surface area contributed by atoms with Crippen LogP contribution in [-0.2, 0) is 14.3 Å². The quantitative estimate of drug-likeness (QED) is 0.0323. The summed E-state index contributed by atoms with van der Waals surface area (Å²) >= 11 is 0. The number of carbonyl (C=O) groups excluding carboxylic acids is 2. The van der Waals surface area contributed by atoms with E-state index in [0.29, 0.717) is 19.4 Å². The van der Waals surface area contributed by atoms with Crippen LogP contribution in [0.4, 0.5) is 0 Å². The summed E-state index contributed by atoms with van der Waals surface area (Å²) in [4.78, 5) is 24.4. The molecular weight excluding hydrogens is 707 g/mol. The van der Waals surface area contributed by atoms with E-state index in [2.05, 4.69) is 19.2 Å². The van der Waals surface area contributed by atoms with Crippen molar-refractivity contribution in [3.8, 4) is 0 Å². The maximum Gasteiger partial charge on any atom is 0.305 e. The fraction of sp³-hybridized carbons (Fsp3) is 0.922. The first-order valence-corrected chi connectivity index (χ1v) is 25.5. The highest BCUT2D eigenvalue weighted by Gasteiger charge is 2.18. The Labute approximate surface area is 355 Å². The van der Waals surface area contributed by atoms with E-state index in [9.17, 15) is 19.8 Å². The zero-order chi connectivity index (χ0) is 41.5. The van der Waals surface area contributed by atoms with Crippen molar-refractivity contribution in [3.05, 3.63) is 12.2 Å². The molecule has 0 aromatic rings. The van der Waals surface area contributed by atoms with Crippen molar-refractivity contribution in [2.75, 3.05) is 13.2 Å². The highest BCUT2D eigenvalue weighted by Crippen LogP contribution is 2.16. The molecule has 0 radical (unpaired) electrons. The number of unbranched alkanes of at least 4 members (excludes halogenated alkanes) is 36. The zero-order valence-electron chi connectivity index (χ0n) is 38.3. The van der Waals surface area contributed by atoms with Crippen molar-refractivity contribution in [3.63, 3.8) is 0 Å². The summed E-state index contributed by atoms with van der Waals surface area (Å²) in [5.41, 5.74) is 0. The van der Waals surface area contributed by atoms with Gasteiger partial charge < -0.3 is 20.3 Å². The predicted octanol–water partition coefficient (Wildman–Crippen LogP) is 15.0. The fourth-order valence-electron chi connectivity index (χ4n) is 7.87. The Balaban J connectivity index is 3.42. The Morgan fingerprint density at radius 3 is 1.19 bits per heavy atom. The average Bonchev–Trinajstić information content (AvgIpc) is 3.21. The molecule has 0 bridgehead atoms. The highest BCUT2D eigenvalue weighted by molar-refractivity contribution is 5.76. The summed E-state index contributed by atoms with van der Waals surface area (Å²) in [6, 6.07) is -0.629. The Hall–Kier alpha value is -1.40. The minimum atomic E-state index is -0.845. The number of allylic oxidation sites excluding steroid dienone is 1. The third kappa shape index (κ3) is 44.0. The molecule has 0 heterocycles. The van der Waals surface area contributed by atoms with Gasteiger partial charge in [0.15, 0.2) is 0 Å². The van der Waals surface area contributed by atoms with E-state index in [1.54, 1.807) is 6.08 Å². The molecule has 0 rings (SSSR count). The standard InChI is InChI=1S/C51H99NO5/c1-3-5-7-9-11-13-15-25-29-33-37-41-45-51(56)57-46-42-38-34-30-26-22-20-18-16-17-19-21-24-28-32-36-40-44-50(55)52-48(47-53)49(54)43-39-35-31-27-23-14-12-10-8-6-4-2/h39,43,48-49,53-54H,3-38,40-42,44-47H2,1-2H3,(H,52,55)/b43-39+. The van der Waals surface area contributed by atoms with Crippen LogP contribution < -0.4 is 5.32 Å². The molecule has 6 nitrogen and oxygen atoms in total. The lowest BCUT2D eigenvalue weighted by atomic mass is 10.0. The van der Waals surface area contributed by atoms with Gasteiger partial charge in [0.05, 0.1) is 25.4 Å². The van der Waals surface area contributed by atoms with Crippen molar-refractivity contribution < 1.29 is 24.5 Å². The molecule has 0 saturated carbocycles. The molecule has 1 amide bonds. The van der Waals surface area contributed by atoms with E-state index in [-0.39, 0.29) is 18.5 Å². The van der Waals surface area contributed by atoms with E-state index in [1.807, 2.05) is 6.08 Å². The lowest BCUT2D eigenvalue weighted by Gasteiger charge is -2.20. The molecule has 3 N–H and O–H groups in total. The van der Waals surface area contributed by atoms with Crippen LogP contribution in [0.3, 0.4) is 0 Å². The van der Waals surface area contributed by atoms with Crippen molar-refractivity contribution >= 4 is 11.9 Å². The zero-order valence-corrected chi connectivity index (χ0v) is 38.3. The van der Waals surface area contributed by atoms with E-state index < -0.39 is 12.1 Å². The first kappa shape index (κ1) is 55.6. The smallest absolute Gasteiger partial charge is 0.305 e. The number of amides is 1. The maximum absolute atomic E-state index is 12.4. The van der Waals surface area contributed by atoms with Gasteiger partial charge in [-0.2, -0.15) is 0 Å². The number of esters is 1. The monoisotopic (exact) mass is 806 g/mol. The molecule has 2 atom stereocenters. The minimum absolute atomic E-state index is 0.00493. The molecular formula is C51H99NO5. The molecule has 338 valence electrons.